The fourth-order valence-electron chi connectivity index (χ4n) is 3.08. The molecule has 2 heterocycles. The van der Waals surface area contributed by atoms with Crippen LogP contribution in [-0.4, -0.2) is 32.4 Å². The maximum atomic E-state index is 13.1. The van der Waals surface area contributed by atoms with E-state index in [4.69, 9.17) is 8.94 Å². The molecule has 1 amide bonds. The van der Waals surface area contributed by atoms with Crippen LogP contribution in [0.3, 0.4) is 0 Å². The van der Waals surface area contributed by atoms with Gasteiger partial charge in [-0.1, -0.05) is 27.2 Å². The molecule has 0 unspecified atom stereocenters. The van der Waals surface area contributed by atoms with Crippen molar-refractivity contribution >= 4 is 27.5 Å². The zero-order valence-corrected chi connectivity index (χ0v) is 18.3. The number of nitro benzene ring substituents is 1. The maximum absolute atomic E-state index is 13.1. The monoisotopic (exact) mass is 496 g/mol. The molecule has 0 fully saturated rings. The standard InChI is InChI=1S/C22H17BrN4O5/c23-17-8-6-15(7-9-17)21-24-20(32-25-21)10-11-26(14-19-5-2-12-31-19)22(28)16-3-1-4-18(13-16)27(29)30/h1-9,12-13H,10-11,14H2. The van der Waals surface area contributed by atoms with Gasteiger partial charge in [-0.25, -0.2) is 0 Å². The molecule has 0 saturated carbocycles. The van der Waals surface area contributed by atoms with E-state index in [1.54, 1.807) is 18.2 Å². The first-order valence-electron chi connectivity index (χ1n) is 9.64. The fraction of sp³-hybridized carbons (Fsp3) is 0.136. The quantitative estimate of drug-likeness (QED) is 0.252. The van der Waals surface area contributed by atoms with Crippen molar-refractivity contribution in [3.05, 3.63) is 98.7 Å². The summed E-state index contributed by atoms with van der Waals surface area (Å²) in [6, 6.07) is 16.6. The lowest BCUT2D eigenvalue weighted by Gasteiger charge is -2.21. The van der Waals surface area contributed by atoms with Gasteiger partial charge in [0.2, 0.25) is 11.7 Å². The van der Waals surface area contributed by atoms with E-state index in [1.807, 2.05) is 24.3 Å². The van der Waals surface area contributed by atoms with Gasteiger partial charge in [-0.15, -0.1) is 0 Å². The van der Waals surface area contributed by atoms with Crippen molar-refractivity contribution < 1.29 is 18.7 Å². The number of rotatable bonds is 8. The Hall–Kier alpha value is -3.79. The van der Waals surface area contributed by atoms with Crippen molar-refractivity contribution in [2.24, 2.45) is 0 Å². The fourth-order valence-corrected chi connectivity index (χ4v) is 3.35. The lowest BCUT2D eigenvalue weighted by Crippen LogP contribution is -2.32. The van der Waals surface area contributed by atoms with Gasteiger partial charge in [0.1, 0.15) is 5.76 Å². The van der Waals surface area contributed by atoms with Gasteiger partial charge in [0.25, 0.3) is 11.6 Å². The molecule has 0 bridgehead atoms. The Labute approximate surface area is 190 Å². The van der Waals surface area contributed by atoms with Crippen LogP contribution in [0.1, 0.15) is 22.0 Å². The number of carbonyl (C=O) groups is 1. The molecule has 4 rings (SSSR count). The summed E-state index contributed by atoms with van der Waals surface area (Å²) < 4.78 is 11.7. The van der Waals surface area contributed by atoms with E-state index in [9.17, 15) is 14.9 Å². The van der Waals surface area contributed by atoms with E-state index < -0.39 is 4.92 Å². The molecule has 0 saturated heterocycles. The second-order valence-electron chi connectivity index (χ2n) is 6.88. The van der Waals surface area contributed by atoms with Crippen LogP contribution in [-0.2, 0) is 13.0 Å². The molecule has 2 aromatic carbocycles. The van der Waals surface area contributed by atoms with Crippen molar-refractivity contribution in [2.45, 2.75) is 13.0 Å². The average molecular weight is 497 g/mol. The molecular weight excluding hydrogens is 480 g/mol. The SMILES string of the molecule is O=C(c1cccc([N+](=O)[O-])c1)N(CCc1nc(-c2ccc(Br)cc2)no1)Cc1ccco1. The normalized spacial score (nSPS) is 10.8. The highest BCUT2D eigenvalue weighted by Gasteiger charge is 2.21. The summed E-state index contributed by atoms with van der Waals surface area (Å²) in [5.74, 6) is 1.05. The Balaban J connectivity index is 1.51. The van der Waals surface area contributed by atoms with Gasteiger partial charge >= 0.3 is 0 Å². The van der Waals surface area contributed by atoms with Crippen LogP contribution in [0.2, 0.25) is 0 Å². The molecule has 0 aliphatic carbocycles. The lowest BCUT2D eigenvalue weighted by molar-refractivity contribution is -0.384. The first kappa shape index (κ1) is 21.4. The number of hydrogen-bond donors (Lipinski definition) is 0. The Morgan fingerprint density at radius 1 is 1.12 bits per heavy atom. The van der Waals surface area contributed by atoms with E-state index in [1.165, 1.54) is 29.4 Å². The number of furan rings is 1. The molecule has 10 heteroatoms. The lowest BCUT2D eigenvalue weighted by atomic mass is 10.1. The zero-order chi connectivity index (χ0) is 22.5. The second kappa shape index (κ2) is 9.56. The van der Waals surface area contributed by atoms with E-state index in [-0.39, 0.29) is 30.2 Å². The first-order chi connectivity index (χ1) is 15.5. The van der Waals surface area contributed by atoms with E-state index in [2.05, 4.69) is 26.1 Å². The van der Waals surface area contributed by atoms with Gasteiger partial charge in [-0.3, -0.25) is 14.9 Å². The summed E-state index contributed by atoms with van der Waals surface area (Å²) >= 11 is 3.39. The highest BCUT2D eigenvalue weighted by molar-refractivity contribution is 9.10. The van der Waals surface area contributed by atoms with Gasteiger partial charge in [-0.2, -0.15) is 4.98 Å². The number of nitrogens with zero attached hydrogens (tertiary/aromatic N) is 4. The van der Waals surface area contributed by atoms with Crippen molar-refractivity contribution in [3.63, 3.8) is 0 Å². The molecule has 0 spiro atoms. The number of non-ortho nitro benzene ring substituents is 1. The molecule has 0 N–H and O–H groups in total. The van der Waals surface area contributed by atoms with Crippen LogP contribution < -0.4 is 0 Å². The van der Waals surface area contributed by atoms with Crippen molar-refractivity contribution in [3.8, 4) is 11.4 Å². The predicted molar refractivity (Wildman–Crippen MR) is 118 cm³/mol. The molecule has 0 atom stereocenters. The number of hydrogen-bond acceptors (Lipinski definition) is 7. The molecule has 4 aromatic rings. The molecule has 32 heavy (non-hydrogen) atoms. The van der Waals surface area contributed by atoms with Gasteiger partial charge in [0.15, 0.2) is 0 Å². The Kier molecular flexibility index (Phi) is 6.41. The number of halogens is 1. The molecule has 9 nitrogen and oxygen atoms in total. The first-order valence-corrected chi connectivity index (χ1v) is 10.4. The van der Waals surface area contributed by atoms with Gasteiger partial charge in [0.05, 0.1) is 17.7 Å². The summed E-state index contributed by atoms with van der Waals surface area (Å²) in [6.07, 6.45) is 1.83. The number of amides is 1. The summed E-state index contributed by atoms with van der Waals surface area (Å²) in [5, 5.41) is 15.1. The number of nitro groups is 1. The van der Waals surface area contributed by atoms with E-state index >= 15 is 0 Å². The van der Waals surface area contributed by atoms with Gasteiger partial charge in [-0.05, 0) is 42.5 Å². The van der Waals surface area contributed by atoms with Crippen LogP contribution in [0.5, 0.6) is 0 Å². The maximum Gasteiger partial charge on any atom is 0.270 e. The van der Waals surface area contributed by atoms with Crippen LogP contribution in [0.4, 0.5) is 5.69 Å². The highest BCUT2D eigenvalue weighted by atomic mass is 79.9. The Morgan fingerprint density at radius 2 is 1.94 bits per heavy atom. The van der Waals surface area contributed by atoms with E-state index in [0.29, 0.717) is 23.9 Å². The number of carbonyl (C=O) groups excluding carboxylic acids is 1. The van der Waals surface area contributed by atoms with Gasteiger partial charge < -0.3 is 13.8 Å². The average Bonchev–Trinajstić information content (AvgIpc) is 3.49. The molecule has 0 aliphatic rings. The molecule has 0 aliphatic heterocycles. The third-order valence-electron chi connectivity index (χ3n) is 4.68. The van der Waals surface area contributed by atoms with Crippen LogP contribution in [0.25, 0.3) is 11.4 Å². The zero-order valence-electron chi connectivity index (χ0n) is 16.7. The van der Waals surface area contributed by atoms with Crippen molar-refractivity contribution in [1.29, 1.82) is 0 Å². The third kappa shape index (κ3) is 5.09. The van der Waals surface area contributed by atoms with Crippen LogP contribution in [0, 0.1) is 10.1 Å². The van der Waals surface area contributed by atoms with E-state index in [0.717, 1.165) is 10.0 Å². The molecular formula is C22H17BrN4O5. The van der Waals surface area contributed by atoms with Gasteiger partial charge in [0, 0.05) is 40.7 Å². The Bertz CT molecular complexity index is 1220. The summed E-state index contributed by atoms with van der Waals surface area (Å²) in [7, 11) is 0. The topological polar surface area (TPSA) is 116 Å². The van der Waals surface area contributed by atoms with Crippen molar-refractivity contribution in [1.82, 2.24) is 15.0 Å². The Morgan fingerprint density at radius 3 is 2.66 bits per heavy atom. The third-order valence-corrected chi connectivity index (χ3v) is 5.21. The minimum Gasteiger partial charge on any atom is -0.467 e. The summed E-state index contributed by atoms with van der Waals surface area (Å²) in [6.45, 7) is 0.451. The second-order valence-corrected chi connectivity index (χ2v) is 7.80. The van der Waals surface area contributed by atoms with Crippen LogP contribution >= 0.6 is 15.9 Å². The minimum atomic E-state index is -0.532. The highest BCUT2D eigenvalue weighted by Crippen LogP contribution is 2.20. The van der Waals surface area contributed by atoms with Crippen LogP contribution in [0.15, 0.2) is 80.3 Å². The van der Waals surface area contributed by atoms with Crippen molar-refractivity contribution in [2.75, 3.05) is 6.54 Å². The minimum absolute atomic E-state index is 0.148. The molecule has 162 valence electrons. The molecule has 0 radical (unpaired) electrons. The predicted octanol–water partition coefficient (Wildman–Crippen LogP) is 4.89. The molecule has 2 aromatic heterocycles. The summed E-state index contributed by atoms with van der Waals surface area (Å²) in [5.41, 5.74) is 0.875. The smallest absolute Gasteiger partial charge is 0.270 e. The largest absolute Gasteiger partial charge is 0.467 e. The number of benzene rings is 2. The summed E-state index contributed by atoms with van der Waals surface area (Å²) in [4.78, 5) is 29.6. The number of aromatic nitrogens is 2.